The van der Waals surface area contributed by atoms with E-state index in [1.807, 2.05) is 11.3 Å². The van der Waals surface area contributed by atoms with Crippen molar-refractivity contribution in [3.63, 3.8) is 0 Å². The molecule has 1 N–H and O–H groups in total. The van der Waals surface area contributed by atoms with Gasteiger partial charge in [-0.15, -0.1) is 11.3 Å². The van der Waals surface area contributed by atoms with Crippen LogP contribution in [0, 0.1) is 0 Å². The van der Waals surface area contributed by atoms with Gasteiger partial charge in [-0.2, -0.15) is 0 Å². The Morgan fingerprint density at radius 1 is 1.40 bits per heavy atom. The standard InChI is InChI=1S/C16H29N3S/c1-7-11(2)19(6)15-18-14(16(3,4)5)13(20-15)10-17-12-8-9-12/h11-12,17H,7-10H2,1-6H3. The summed E-state index contributed by atoms with van der Waals surface area (Å²) in [5.41, 5.74) is 1.38. The number of aromatic nitrogens is 1. The lowest BCUT2D eigenvalue weighted by atomic mass is 9.91. The van der Waals surface area contributed by atoms with Gasteiger partial charge in [-0.25, -0.2) is 4.98 Å². The molecule has 1 aromatic rings. The summed E-state index contributed by atoms with van der Waals surface area (Å²) >= 11 is 1.86. The third kappa shape index (κ3) is 3.73. The largest absolute Gasteiger partial charge is 0.348 e. The number of nitrogens with one attached hydrogen (secondary N) is 1. The Morgan fingerprint density at radius 3 is 2.55 bits per heavy atom. The molecule has 3 nitrogen and oxygen atoms in total. The van der Waals surface area contributed by atoms with Crippen LogP contribution in [-0.2, 0) is 12.0 Å². The molecule has 1 aliphatic rings. The van der Waals surface area contributed by atoms with Gasteiger partial charge in [-0.3, -0.25) is 0 Å². The predicted molar refractivity (Wildman–Crippen MR) is 88.8 cm³/mol. The van der Waals surface area contributed by atoms with Gasteiger partial charge >= 0.3 is 0 Å². The van der Waals surface area contributed by atoms with Gasteiger partial charge in [0.15, 0.2) is 5.13 Å². The fourth-order valence-corrected chi connectivity index (χ4v) is 3.47. The van der Waals surface area contributed by atoms with Crippen LogP contribution in [0.4, 0.5) is 5.13 Å². The summed E-state index contributed by atoms with van der Waals surface area (Å²) in [5.74, 6) is 0. The summed E-state index contributed by atoms with van der Waals surface area (Å²) in [6, 6.07) is 1.29. The zero-order valence-electron chi connectivity index (χ0n) is 13.8. The second-order valence-corrected chi connectivity index (χ2v) is 8.10. The lowest BCUT2D eigenvalue weighted by Crippen LogP contribution is -2.28. The second kappa shape index (κ2) is 6.02. The molecule has 0 radical (unpaired) electrons. The van der Waals surface area contributed by atoms with Crippen LogP contribution < -0.4 is 10.2 Å². The van der Waals surface area contributed by atoms with Crippen molar-refractivity contribution in [3.8, 4) is 0 Å². The molecule has 4 heteroatoms. The quantitative estimate of drug-likeness (QED) is 0.862. The molecule has 1 aliphatic carbocycles. The van der Waals surface area contributed by atoms with Crippen LogP contribution in [-0.4, -0.2) is 24.1 Å². The molecular weight excluding hydrogens is 266 g/mol. The van der Waals surface area contributed by atoms with E-state index in [2.05, 4.69) is 51.9 Å². The van der Waals surface area contributed by atoms with E-state index >= 15 is 0 Å². The van der Waals surface area contributed by atoms with Crippen LogP contribution >= 0.6 is 11.3 Å². The van der Waals surface area contributed by atoms with Crippen molar-refractivity contribution < 1.29 is 0 Å². The molecule has 1 heterocycles. The Labute approximate surface area is 127 Å². The van der Waals surface area contributed by atoms with Crippen LogP contribution in [0.15, 0.2) is 0 Å². The van der Waals surface area contributed by atoms with E-state index in [-0.39, 0.29) is 5.41 Å². The minimum Gasteiger partial charge on any atom is -0.348 e. The average molecular weight is 295 g/mol. The normalized spacial score (nSPS) is 17.3. The number of hydrogen-bond acceptors (Lipinski definition) is 4. The highest BCUT2D eigenvalue weighted by molar-refractivity contribution is 7.15. The van der Waals surface area contributed by atoms with Crippen LogP contribution in [0.25, 0.3) is 0 Å². The molecule has 114 valence electrons. The lowest BCUT2D eigenvalue weighted by molar-refractivity contribution is 0.557. The maximum Gasteiger partial charge on any atom is 0.185 e. The molecule has 0 aliphatic heterocycles. The van der Waals surface area contributed by atoms with E-state index in [4.69, 9.17) is 4.98 Å². The summed E-state index contributed by atoms with van der Waals surface area (Å²) in [5, 5.41) is 4.80. The van der Waals surface area contributed by atoms with Crippen LogP contribution in [0.5, 0.6) is 0 Å². The molecule has 1 unspecified atom stereocenters. The fourth-order valence-electron chi connectivity index (χ4n) is 2.18. The zero-order valence-corrected chi connectivity index (χ0v) is 14.6. The van der Waals surface area contributed by atoms with E-state index in [1.54, 1.807) is 0 Å². The Hall–Kier alpha value is -0.610. The highest BCUT2D eigenvalue weighted by Crippen LogP contribution is 2.34. The first-order valence-corrected chi connectivity index (χ1v) is 8.61. The molecule has 1 saturated carbocycles. The number of hydrogen-bond donors (Lipinski definition) is 1. The van der Waals surface area contributed by atoms with Gasteiger partial charge in [-0.1, -0.05) is 27.7 Å². The molecule has 1 atom stereocenters. The molecule has 0 amide bonds. The van der Waals surface area contributed by atoms with E-state index in [1.165, 1.54) is 23.4 Å². The summed E-state index contributed by atoms with van der Waals surface area (Å²) in [6.45, 7) is 12.2. The Morgan fingerprint density at radius 2 is 2.05 bits per heavy atom. The van der Waals surface area contributed by atoms with Gasteiger partial charge < -0.3 is 10.2 Å². The van der Waals surface area contributed by atoms with Crippen LogP contribution in [0.1, 0.15) is 64.5 Å². The topological polar surface area (TPSA) is 28.2 Å². The van der Waals surface area contributed by atoms with E-state index in [9.17, 15) is 0 Å². The van der Waals surface area contributed by atoms with E-state index < -0.39 is 0 Å². The van der Waals surface area contributed by atoms with E-state index in [0.29, 0.717) is 6.04 Å². The summed E-state index contributed by atoms with van der Waals surface area (Å²) < 4.78 is 0. The van der Waals surface area contributed by atoms with Gasteiger partial charge in [-0.05, 0) is 26.2 Å². The van der Waals surface area contributed by atoms with Gasteiger partial charge in [0, 0.05) is 36.0 Å². The van der Waals surface area contributed by atoms with E-state index in [0.717, 1.165) is 24.1 Å². The molecule has 0 bridgehead atoms. The van der Waals surface area contributed by atoms with Crippen molar-refractivity contribution in [1.29, 1.82) is 0 Å². The summed E-state index contributed by atoms with van der Waals surface area (Å²) in [6.07, 6.45) is 3.82. The monoisotopic (exact) mass is 295 g/mol. The third-order valence-corrected chi connectivity index (χ3v) is 5.22. The molecular formula is C16H29N3S. The predicted octanol–water partition coefficient (Wildman–Crippen LogP) is 3.93. The molecule has 20 heavy (non-hydrogen) atoms. The molecule has 1 fully saturated rings. The highest BCUT2D eigenvalue weighted by Gasteiger charge is 2.27. The minimum absolute atomic E-state index is 0.117. The minimum atomic E-state index is 0.117. The fraction of sp³-hybridized carbons (Fsp3) is 0.812. The van der Waals surface area contributed by atoms with Crippen molar-refractivity contribution in [1.82, 2.24) is 10.3 Å². The van der Waals surface area contributed by atoms with Crippen LogP contribution in [0.2, 0.25) is 0 Å². The first-order valence-electron chi connectivity index (χ1n) is 7.79. The first kappa shape index (κ1) is 15.8. The highest BCUT2D eigenvalue weighted by atomic mass is 32.1. The maximum atomic E-state index is 4.95. The first-order chi connectivity index (χ1) is 9.32. The van der Waals surface area contributed by atoms with Gasteiger partial charge in [0.1, 0.15) is 0 Å². The second-order valence-electron chi connectivity index (χ2n) is 7.04. The smallest absolute Gasteiger partial charge is 0.185 e. The maximum absolute atomic E-state index is 4.95. The van der Waals surface area contributed by atoms with Gasteiger partial charge in [0.2, 0.25) is 0 Å². The van der Waals surface area contributed by atoms with Crippen molar-refractivity contribution in [2.24, 2.45) is 0 Å². The summed E-state index contributed by atoms with van der Waals surface area (Å²) in [4.78, 5) is 8.68. The number of thiazole rings is 1. The third-order valence-electron chi connectivity index (χ3n) is 4.08. The summed E-state index contributed by atoms with van der Waals surface area (Å²) in [7, 11) is 2.16. The zero-order chi connectivity index (χ0) is 14.9. The van der Waals surface area contributed by atoms with Crippen LogP contribution in [0.3, 0.4) is 0 Å². The molecule has 0 spiro atoms. The number of anilines is 1. The molecule has 1 aromatic heterocycles. The number of nitrogens with zero attached hydrogens (tertiary/aromatic N) is 2. The van der Waals surface area contributed by atoms with Crippen molar-refractivity contribution in [2.45, 2.75) is 77.9 Å². The Bertz CT molecular complexity index is 443. The van der Waals surface area contributed by atoms with Crippen molar-refractivity contribution in [2.75, 3.05) is 11.9 Å². The SMILES string of the molecule is CCC(C)N(C)c1nc(C(C)(C)C)c(CNC2CC2)s1. The molecule has 0 saturated heterocycles. The van der Waals surface area contributed by atoms with Gasteiger partial charge in [0.25, 0.3) is 0 Å². The molecule has 0 aromatic carbocycles. The lowest BCUT2D eigenvalue weighted by Gasteiger charge is -2.23. The van der Waals surface area contributed by atoms with Gasteiger partial charge in [0.05, 0.1) is 5.69 Å². The Kier molecular flexibility index (Phi) is 4.75. The van der Waals surface area contributed by atoms with Crippen molar-refractivity contribution >= 4 is 16.5 Å². The van der Waals surface area contributed by atoms with Crippen molar-refractivity contribution in [3.05, 3.63) is 10.6 Å². The Balaban J connectivity index is 2.21. The average Bonchev–Trinajstić information content (AvgIpc) is 3.11. The molecule has 2 rings (SSSR count). The number of rotatable bonds is 6.